The molecule has 3 unspecified atom stereocenters. The zero-order valence-electron chi connectivity index (χ0n) is 31.4. The molecule has 2 amide bonds. The van der Waals surface area contributed by atoms with Crippen molar-refractivity contribution in [3.8, 4) is 5.75 Å². The highest BCUT2D eigenvalue weighted by Crippen LogP contribution is 2.64. The van der Waals surface area contributed by atoms with E-state index in [1.165, 1.54) is 30.0 Å². The van der Waals surface area contributed by atoms with Crippen molar-refractivity contribution in [1.82, 2.24) is 14.9 Å². The van der Waals surface area contributed by atoms with Gasteiger partial charge in [0.25, 0.3) is 5.56 Å². The van der Waals surface area contributed by atoms with Crippen molar-refractivity contribution < 1.29 is 36.8 Å². The molecule has 0 radical (unpaired) electrons. The molecule has 5 aliphatic rings. The molecule has 1 aromatic heterocycles. The summed E-state index contributed by atoms with van der Waals surface area (Å²) in [7, 11) is 0.818. The van der Waals surface area contributed by atoms with E-state index in [2.05, 4.69) is 41.7 Å². The van der Waals surface area contributed by atoms with Crippen molar-refractivity contribution in [2.24, 2.45) is 17.3 Å². The van der Waals surface area contributed by atoms with Gasteiger partial charge in [0.1, 0.15) is 23.3 Å². The van der Waals surface area contributed by atoms with Gasteiger partial charge in [-0.1, -0.05) is 52.0 Å². The van der Waals surface area contributed by atoms with E-state index in [9.17, 15) is 27.6 Å². The van der Waals surface area contributed by atoms with E-state index < -0.39 is 53.3 Å². The van der Waals surface area contributed by atoms with Crippen molar-refractivity contribution >= 4 is 30.3 Å². The minimum atomic E-state index is -4.52. The lowest BCUT2D eigenvalue weighted by Gasteiger charge is -2.63. The van der Waals surface area contributed by atoms with Crippen LogP contribution in [0.25, 0.3) is 0 Å². The van der Waals surface area contributed by atoms with Crippen LogP contribution >= 0.6 is 0 Å². The fourth-order valence-corrected chi connectivity index (χ4v) is 9.21. The van der Waals surface area contributed by atoms with E-state index in [0.29, 0.717) is 35.3 Å². The first-order valence-corrected chi connectivity index (χ1v) is 18.6. The SMILES string of the molecule is CC[C@H](NC(=O)[C@@H]1C[C@@](C)(CC(=O)Nc2ccccc2OC)c2ncc(NCc3cccc(C(F)(F)F)c3)c(=O)n21)B1OC2C3CC(C[C@]2(C)O1)C3(C)C. The number of nitrogens with zero attached hydrogens (tertiary/aromatic N) is 2. The second kappa shape index (κ2) is 13.7. The maximum Gasteiger partial charge on any atom is 0.481 e. The van der Waals surface area contributed by atoms with Crippen molar-refractivity contribution in [3.05, 3.63) is 82.0 Å². The van der Waals surface area contributed by atoms with Crippen molar-refractivity contribution in [3.63, 3.8) is 0 Å². The number of aromatic nitrogens is 2. The molecule has 7 atom stereocenters. The van der Waals surface area contributed by atoms with Crippen LogP contribution in [0, 0.1) is 17.3 Å². The number of amides is 2. The summed E-state index contributed by atoms with van der Waals surface area (Å²) in [5.41, 5.74) is -1.96. The Morgan fingerprint density at radius 2 is 1.85 bits per heavy atom. The molecule has 288 valence electrons. The molecule has 0 spiro atoms. The predicted molar refractivity (Wildman–Crippen MR) is 197 cm³/mol. The molecule has 3 aliphatic carbocycles. The smallest absolute Gasteiger partial charge is 0.481 e. The lowest BCUT2D eigenvalue weighted by Crippen LogP contribution is -2.63. The Hall–Kier alpha value is -4.37. The highest BCUT2D eigenvalue weighted by molar-refractivity contribution is 6.47. The maximum atomic E-state index is 14.4. The first-order chi connectivity index (χ1) is 25.5. The molecule has 3 saturated carbocycles. The summed E-state index contributed by atoms with van der Waals surface area (Å²) in [5, 5.41) is 8.93. The van der Waals surface area contributed by atoms with Gasteiger partial charge in [0.05, 0.1) is 42.2 Å². The van der Waals surface area contributed by atoms with Gasteiger partial charge in [-0.05, 0) is 79.7 Å². The topological polar surface area (TPSA) is 133 Å². The van der Waals surface area contributed by atoms with Crippen molar-refractivity contribution in [2.75, 3.05) is 17.7 Å². The number of rotatable bonds is 11. The van der Waals surface area contributed by atoms with E-state index in [1.54, 1.807) is 31.2 Å². The first kappa shape index (κ1) is 37.9. The Labute approximate surface area is 312 Å². The number of hydrogen-bond donors (Lipinski definition) is 3. The number of methoxy groups -OCH3 is 1. The van der Waals surface area contributed by atoms with Gasteiger partial charge in [-0.15, -0.1) is 0 Å². The normalized spacial score (nSPS) is 28.4. The average Bonchev–Trinajstić information content (AvgIpc) is 3.64. The number of hydrogen-bond acceptors (Lipinski definition) is 8. The van der Waals surface area contributed by atoms with E-state index in [4.69, 9.17) is 14.0 Å². The average molecular weight is 750 g/mol. The van der Waals surface area contributed by atoms with Crippen molar-refractivity contribution in [1.29, 1.82) is 0 Å². The van der Waals surface area contributed by atoms with Gasteiger partial charge >= 0.3 is 13.3 Å². The highest BCUT2D eigenvalue weighted by Gasteiger charge is 2.67. The van der Waals surface area contributed by atoms with Crippen LogP contribution in [0.1, 0.15) is 89.7 Å². The molecule has 2 bridgehead atoms. The van der Waals surface area contributed by atoms with Gasteiger partial charge in [-0.3, -0.25) is 19.0 Å². The van der Waals surface area contributed by atoms with Gasteiger partial charge in [-0.25, -0.2) is 4.98 Å². The van der Waals surface area contributed by atoms with Crippen LogP contribution in [-0.2, 0) is 37.0 Å². The Kier molecular flexibility index (Phi) is 9.65. The molecule has 1 saturated heterocycles. The largest absolute Gasteiger partial charge is 0.495 e. The Bertz CT molecular complexity index is 2010. The van der Waals surface area contributed by atoms with Crippen molar-refractivity contribution in [2.45, 2.75) is 109 Å². The number of alkyl halides is 3. The van der Waals surface area contributed by atoms with Crippen LogP contribution in [0.4, 0.5) is 24.5 Å². The van der Waals surface area contributed by atoms with E-state index in [-0.39, 0.29) is 48.3 Å². The fourth-order valence-electron chi connectivity index (χ4n) is 9.21. The molecule has 3 aromatic rings. The Balaban J connectivity index is 1.15. The number of carbonyl (C=O) groups excluding carboxylic acids is 2. The first-order valence-electron chi connectivity index (χ1n) is 18.6. The number of fused-ring (bicyclic) bond motifs is 1. The minimum Gasteiger partial charge on any atom is -0.495 e. The zero-order chi connectivity index (χ0) is 38.8. The number of nitrogens with one attached hydrogen (secondary N) is 3. The van der Waals surface area contributed by atoms with E-state index in [0.717, 1.165) is 25.0 Å². The van der Waals surface area contributed by atoms with Gasteiger partial charge < -0.3 is 30.0 Å². The lowest BCUT2D eigenvalue weighted by molar-refractivity contribution is -0.185. The standard InChI is InChI=1S/C39H47BF3N5O6/c1-7-30(40-53-32-25-16-24(36(25,2)3)17-38(32,5)54-40)47-33(50)28-18-37(4,19-31(49)46-26-13-8-9-14-29(26)52-6)35-45-21-27(34(51)48(28)35)44-20-22-11-10-12-23(15-22)39(41,42)43/h8-15,21,24-25,28,30,32,44H,7,16-20H2,1-6H3,(H,46,49)(H,47,50)/t24?,25?,28-,30-,32?,37-,38-/m0/s1. The molecule has 3 N–H and O–H groups in total. The molecule has 4 fully saturated rings. The molecule has 3 heterocycles. The summed E-state index contributed by atoms with van der Waals surface area (Å²) in [5.74, 6) is 0.284. The Morgan fingerprint density at radius 3 is 2.56 bits per heavy atom. The summed E-state index contributed by atoms with van der Waals surface area (Å²) in [4.78, 5) is 46.8. The van der Waals surface area contributed by atoms with Crippen LogP contribution in [0.15, 0.2) is 59.5 Å². The third kappa shape index (κ3) is 6.67. The maximum absolute atomic E-state index is 14.4. The van der Waals surface area contributed by atoms with Gasteiger partial charge in [0, 0.05) is 18.4 Å². The highest BCUT2D eigenvalue weighted by atomic mass is 19.4. The molecule has 15 heteroatoms. The number of benzene rings is 2. The number of halogens is 3. The third-order valence-corrected chi connectivity index (χ3v) is 12.4. The minimum absolute atomic E-state index is 0.00443. The van der Waals surface area contributed by atoms with E-state index >= 15 is 0 Å². The number of ether oxygens (including phenoxy) is 1. The monoisotopic (exact) mass is 749 g/mol. The summed E-state index contributed by atoms with van der Waals surface area (Å²) < 4.78 is 60.0. The van der Waals surface area contributed by atoms with Crippen LogP contribution in [-0.4, -0.2) is 53.2 Å². The van der Waals surface area contributed by atoms with Gasteiger partial charge in [-0.2, -0.15) is 13.2 Å². The number of para-hydroxylation sites is 2. The number of carbonyl (C=O) groups is 2. The van der Waals surface area contributed by atoms with Gasteiger partial charge in [0.2, 0.25) is 11.8 Å². The predicted octanol–water partition coefficient (Wildman–Crippen LogP) is 6.28. The lowest BCUT2D eigenvalue weighted by atomic mass is 9.45. The van der Waals surface area contributed by atoms with Crippen LogP contribution in [0.2, 0.25) is 0 Å². The fraction of sp³-hybridized carbons (Fsp3) is 0.538. The zero-order valence-corrected chi connectivity index (χ0v) is 31.4. The third-order valence-electron chi connectivity index (χ3n) is 12.4. The molecule has 2 aliphatic heterocycles. The quantitative estimate of drug-likeness (QED) is 0.196. The summed E-state index contributed by atoms with van der Waals surface area (Å²) >= 11 is 0. The second-order valence-electron chi connectivity index (χ2n) is 16.4. The molecular formula is C39H47BF3N5O6. The van der Waals surface area contributed by atoms with E-state index in [1.807, 2.05) is 6.92 Å². The van der Waals surface area contributed by atoms with Crippen LogP contribution in [0.3, 0.4) is 0 Å². The molecule has 11 nitrogen and oxygen atoms in total. The van der Waals surface area contributed by atoms with Crippen LogP contribution < -0.4 is 26.2 Å². The summed E-state index contributed by atoms with van der Waals surface area (Å²) in [6.07, 6.45) is -0.863. The van der Waals surface area contributed by atoms with Crippen LogP contribution in [0.5, 0.6) is 5.75 Å². The van der Waals surface area contributed by atoms with Gasteiger partial charge in [0.15, 0.2) is 0 Å². The molecule has 54 heavy (non-hydrogen) atoms. The molecule has 8 rings (SSSR count). The Morgan fingerprint density at radius 1 is 1.09 bits per heavy atom. The molecular weight excluding hydrogens is 702 g/mol. The number of anilines is 2. The second-order valence-corrected chi connectivity index (χ2v) is 16.4. The summed E-state index contributed by atoms with van der Waals surface area (Å²) in [6.45, 7) is 10.3. The summed E-state index contributed by atoms with van der Waals surface area (Å²) in [6, 6.07) is 10.7. The molecule has 2 aromatic carbocycles.